The third kappa shape index (κ3) is 4.31. The molecule has 6 heteroatoms. The van der Waals surface area contributed by atoms with Crippen molar-refractivity contribution in [2.24, 2.45) is 22.7 Å². The fourth-order valence-electron chi connectivity index (χ4n) is 7.01. The first-order valence-electron chi connectivity index (χ1n) is 11.8. The molecule has 0 aliphatic heterocycles. The van der Waals surface area contributed by atoms with Crippen molar-refractivity contribution in [1.82, 2.24) is 0 Å². The predicted octanol–water partition coefficient (Wildman–Crippen LogP) is 4.02. The van der Waals surface area contributed by atoms with E-state index in [1.54, 1.807) is 0 Å². The second-order valence-electron chi connectivity index (χ2n) is 10.1. The second-order valence-corrected chi connectivity index (χ2v) is 10.9. The quantitative estimate of drug-likeness (QED) is 0.355. The highest BCUT2D eigenvalue weighted by Crippen LogP contribution is 2.66. The molecule has 0 radical (unpaired) electrons. The van der Waals surface area contributed by atoms with Gasteiger partial charge in [0.05, 0.1) is 32.5 Å². The van der Waals surface area contributed by atoms with Crippen molar-refractivity contribution in [3.8, 4) is 5.75 Å². The molecule has 3 N–H and O–H groups in total. The molecule has 4 rings (SSSR count). The minimum atomic E-state index is -0.509. The van der Waals surface area contributed by atoms with Crippen LogP contribution in [0.5, 0.6) is 5.75 Å². The molecule has 1 aromatic carbocycles. The number of hydrogen-bond donors (Lipinski definition) is 3. The van der Waals surface area contributed by atoms with Crippen molar-refractivity contribution in [2.75, 3.05) is 38.4 Å². The molecule has 0 unspecified atom stereocenters. The number of ether oxygens (including phenoxy) is 2. The fraction of sp³-hybridized carbons (Fsp3) is 0.760. The van der Waals surface area contributed by atoms with Gasteiger partial charge < -0.3 is 24.8 Å². The van der Waals surface area contributed by atoms with E-state index in [1.807, 2.05) is 12.1 Å². The van der Waals surface area contributed by atoms with E-state index >= 15 is 0 Å². The number of hydrogen-bond acceptors (Lipinski definition) is 5. The summed E-state index contributed by atoms with van der Waals surface area (Å²) in [5.74, 6) is 1.77. The maximum absolute atomic E-state index is 11.5. The van der Waals surface area contributed by atoms with Crippen LogP contribution in [0.1, 0.15) is 56.1 Å². The standard InChI is InChI=1S/C25H37BrO5/c1-24-7-6-20-19-5-3-18(28)14-17(19)2-4-21(20)22(24)15-25(16-27,23(24)29)8-10-30-12-13-31-11-9-26/h3,5,14,20-23,27-29H,2,4,6-13,15-16H2,1H3/t20-,21-,22+,23-,24+,25-/m1/s1. The Bertz CT molecular complexity index is 757. The average Bonchev–Trinajstić information content (AvgIpc) is 3.00. The normalized spacial score (nSPS) is 36.6. The first-order chi connectivity index (χ1) is 14.9. The average molecular weight is 497 g/mol. The molecule has 2 saturated carbocycles. The lowest BCUT2D eigenvalue weighted by Gasteiger charge is -2.50. The molecule has 0 saturated heterocycles. The van der Waals surface area contributed by atoms with Gasteiger partial charge in [-0.15, -0.1) is 0 Å². The van der Waals surface area contributed by atoms with Gasteiger partial charge in [0.1, 0.15) is 5.75 Å². The molecular formula is C25H37BrO5. The Balaban J connectivity index is 1.45. The van der Waals surface area contributed by atoms with Crippen LogP contribution in [0.2, 0.25) is 0 Å². The lowest BCUT2D eigenvalue weighted by molar-refractivity contribution is -0.0788. The van der Waals surface area contributed by atoms with Gasteiger partial charge in [0.2, 0.25) is 0 Å². The highest BCUT2D eigenvalue weighted by atomic mass is 79.9. The highest BCUT2D eigenvalue weighted by Gasteiger charge is 2.63. The number of phenols is 1. The topological polar surface area (TPSA) is 79.2 Å². The number of aliphatic hydroxyl groups is 2. The van der Waals surface area contributed by atoms with Crippen LogP contribution in [0.25, 0.3) is 0 Å². The molecule has 0 bridgehead atoms. The van der Waals surface area contributed by atoms with Gasteiger partial charge in [0.15, 0.2) is 0 Å². The fourth-order valence-corrected chi connectivity index (χ4v) is 7.24. The molecule has 3 aliphatic rings. The maximum atomic E-state index is 11.5. The summed E-state index contributed by atoms with van der Waals surface area (Å²) in [7, 11) is 0. The zero-order valence-corrected chi connectivity index (χ0v) is 20.1. The number of benzene rings is 1. The lowest BCUT2D eigenvalue weighted by Crippen LogP contribution is -2.46. The van der Waals surface area contributed by atoms with Crippen molar-refractivity contribution in [3.63, 3.8) is 0 Å². The number of rotatable bonds is 9. The molecular weight excluding hydrogens is 460 g/mol. The van der Waals surface area contributed by atoms with E-state index in [4.69, 9.17) is 9.47 Å². The summed E-state index contributed by atoms with van der Waals surface area (Å²) < 4.78 is 11.2. The minimum Gasteiger partial charge on any atom is -0.508 e. The number of aromatic hydroxyl groups is 1. The van der Waals surface area contributed by atoms with E-state index in [0.717, 1.165) is 37.4 Å². The van der Waals surface area contributed by atoms with Crippen LogP contribution in [-0.4, -0.2) is 59.8 Å². The van der Waals surface area contributed by atoms with E-state index < -0.39 is 11.5 Å². The Morgan fingerprint density at radius 1 is 1.13 bits per heavy atom. The number of fused-ring (bicyclic) bond motifs is 5. The number of alkyl halides is 1. The Hall–Kier alpha value is -0.660. The summed E-state index contributed by atoms with van der Waals surface area (Å²) in [6.07, 6.45) is 5.15. The Morgan fingerprint density at radius 3 is 2.65 bits per heavy atom. The van der Waals surface area contributed by atoms with Crippen molar-refractivity contribution < 1.29 is 24.8 Å². The number of aryl methyl sites for hydroxylation is 1. The third-order valence-corrected chi connectivity index (χ3v) is 8.96. The summed E-state index contributed by atoms with van der Waals surface area (Å²) in [5, 5.41) is 32.7. The van der Waals surface area contributed by atoms with Crippen molar-refractivity contribution in [1.29, 1.82) is 0 Å². The van der Waals surface area contributed by atoms with E-state index in [9.17, 15) is 15.3 Å². The van der Waals surface area contributed by atoms with E-state index in [2.05, 4.69) is 28.9 Å². The van der Waals surface area contributed by atoms with Crippen molar-refractivity contribution >= 4 is 15.9 Å². The Labute approximate surface area is 194 Å². The van der Waals surface area contributed by atoms with Gasteiger partial charge in [-0.2, -0.15) is 0 Å². The van der Waals surface area contributed by atoms with Crippen LogP contribution < -0.4 is 0 Å². The molecule has 5 nitrogen and oxygen atoms in total. The summed E-state index contributed by atoms with van der Waals surface area (Å²) >= 11 is 3.34. The van der Waals surface area contributed by atoms with E-state index in [1.165, 1.54) is 11.1 Å². The summed E-state index contributed by atoms with van der Waals surface area (Å²) in [6, 6.07) is 5.86. The Morgan fingerprint density at radius 2 is 1.90 bits per heavy atom. The van der Waals surface area contributed by atoms with Crippen molar-refractivity contribution in [2.45, 2.75) is 57.5 Å². The van der Waals surface area contributed by atoms with Gasteiger partial charge in [0.25, 0.3) is 0 Å². The second kappa shape index (κ2) is 9.68. The lowest BCUT2D eigenvalue weighted by atomic mass is 9.55. The molecule has 0 spiro atoms. The minimum absolute atomic E-state index is 0.00551. The largest absolute Gasteiger partial charge is 0.508 e. The molecule has 3 aliphatic carbocycles. The maximum Gasteiger partial charge on any atom is 0.115 e. The van der Waals surface area contributed by atoms with Crippen LogP contribution in [0.4, 0.5) is 0 Å². The van der Waals surface area contributed by atoms with Crippen LogP contribution >= 0.6 is 15.9 Å². The molecule has 0 amide bonds. The monoisotopic (exact) mass is 496 g/mol. The molecule has 0 aromatic heterocycles. The van der Waals surface area contributed by atoms with Gasteiger partial charge in [-0.1, -0.05) is 28.9 Å². The van der Waals surface area contributed by atoms with Gasteiger partial charge in [-0.3, -0.25) is 0 Å². The van der Waals surface area contributed by atoms with E-state index in [-0.39, 0.29) is 12.0 Å². The molecule has 1 aromatic rings. The van der Waals surface area contributed by atoms with Crippen LogP contribution in [0, 0.1) is 22.7 Å². The molecule has 6 atom stereocenters. The van der Waals surface area contributed by atoms with Crippen LogP contribution in [-0.2, 0) is 15.9 Å². The molecule has 31 heavy (non-hydrogen) atoms. The first kappa shape index (κ1) is 23.5. The van der Waals surface area contributed by atoms with Gasteiger partial charge in [-0.25, -0.2) is 0 Å². The SMILES string of the molecule is C[C@]12CC[C@@H]3c4ccc(O)cc4CC[C@H]3[C@@H]1C[C@@](CO)(CCOCCOCCBr)[C@@H]2O. The summed E-state index contributed by atoms with van der Waals surface area (Å²) in [5.41, 5.74) is 2.03. The van der Waals surface area contributed by atoms with E-state index in [0.29, 0.717) is 56.4 Å². The van der Waals surface area contributed by atoms with Crippen molar-refractivity contribution in [3.05, 3.63) is 29.3 Å². The zero-order chi connectivity index (χ0) is 22.1. The predicted molar refractivity (Wildman–Crippen MR) is 124 cm³/mol. The van der Waals surface area contributed by atoms with Crippen LogP contribution in [0.3, 0.4) is 0 Å². The Kier molecular flexibility index (Phi) is 7.34. The van der Waals surface area contributed by atoms with Gasteiger partial charge in [-0.05, 0) is 85.0 Å². The van der Waals surface area contributed by atoms with Crippen LogP contribution in [0.15, 0.2) is 18.2 Å². The number of halogens is 1. The summed E-state index contributed by atoms with van der Waals surface area (Å²) in [6.45, 7) is 4.57. The third-order valence-electron chi connectivity index (χ3n) is 8.63. The first-order valence-corrected chi connectivity index (χ1v) is 12.9. The summed E-state index contributed by atoms with van der Waals surface area (Å²) in [4.78, 5) is 0. The molecule has 0 heterocycles. The van der Waals surface area contributed by atoms with Gasteiger partial charge in [0, 0.05) is 17.4 Å². The number of aliphatic hydroxyl groups excluding tert-OH is 2. The molecule has 2 fully saturated rings. The molecule has 174 valence electrons. The smallest absolute Gasteiger partial charge is 0.115 e. The number of phenolic OH excluding ortho intramolecular Hbond substituents is 1. The zero-order valence-electron chi connectivity index (χ0n) is 18.6. The highest BCUT2D eigenvalue weighted by molar-refractivity contribution is 9.09. The van der Waals surface area contributed by atoms with Gasteiger partial charge >= 0.3 is 0 Å².